The van der Waals surface area contributed by atoms with Crippen molar-refractivity contribution in [1.29, 1.82) is 0 Å². The minimum atomic E-state index is -0.834. The summed E-state index contributed by atoms with van der Waals surface area (Å²) in [6.45, 7) is 2.85. The number of piperidine rings is 1. The number of carbonyl (C=O) groups is 2. The van der Waals surface area contributed by atoms with Gasteiger partial charge in [0.2, 0.25) is 0 Å². The molecule has 1 aliphatic heterocycles. The van der Waals surface area contributed by atoms with Crippen LogP contribution in [0.2, 0.25) is 0 Å². The largest absolute Gasteiger partial charge is 0.481 e. The highest BCUT2D eigenvalue weighted by Gasteiger charge is 2.35. The lowest BCUT2D eigenvalue weighted by molar-refractivity contribution is -0.137. The summed E-state index contributed by atoms with van der Waals surface area (Å²) in [6, 6.07) is -0.00657. The standard InChI is InChI=1S/C13H22N2O3/c1-9-4-2-3-7-15(9)13(18)14-11(8-12(16)17)10-5-6-10/h9-11H,2-8H2,1H3,(H,14,18)(H,16,17). The Bertz CT molecular complexity index is 328. The average Bonchev–Trinajstić information content (AvgIpc) is 3.11. The van der Waals surface area contributed by atoms with Gasteiger partial charge < -0.3 is 15.3 Å². The molecule has 2 fully saturated rings. The van der Waals surface area contributed by atoms with Crippen molar-refractivity contribution in [1.82, 2.24) is 10.2 Å². The van der Waals surface area contributed by atoms with Crippen LogP contribution in [0.1, 0.15) is 45.4 Å². The first-order valence-electron chi connectivity index (χ1n) is 6.87. The summed E-state index contributed by atoms with van der Waals surface area (Å²) >= 11 is 0. The molecule has 0 bridgehead atoms. The van der Waals surface area contributed by atoms with Crippen LogP contribution in [0, 0.1) is 5.92 Å². The SMILES string of the molecule is CC1CCCCN1C(=O)NC(CC(=O)O)C1CC1. The number of amides is 2. The highest BCUT2D eigenvalue weighted by Crippen LogP contribution is 2.34. The summed E-state index contributed by atoms with van der Waals surface area (Å²) in [5.74, 6) is -0.468. The van der Waals surface area contributed by atoms with Crippen LogP contribution in [-0.2, 0) is 4.79 Å². The van der Waals surface area contributed by atoms with Crippen molar-refractivity contribution in [2.45, 2.75) is 57.5 Å². The minimum absolute atomic E-state index is 0.0403. The molecule has 2 atom stereocenters. The Kier molecular flexibility index (Phi) is 4.09. The zero-order valence-corrected chi connectivity index (χ0v) is 10.9. The first kappa shape index (κ1) is 13.2. The summed E-state index contributed by atoms with van der Waals surface area (Å²) < 4.78 is 0. The Hall–Kier alpha value is -1.26. The van der Waals surface area contributed by atoms with Crippen LogP contribution in [-0.4, -0.2) is 40.6 Å². The quantitative estimate of drug-likeness (QED) is 0.804. The highest BCUT2D eigenvalue weighted by molar-refractivity contribution is 5.76. The Morgan fingerprint density at radius 1 is 1.33 bits per heavy atom. The first-order valence-corrected chi connectivity index (χ1v) is 6.87. The number of rotatable bonds is 4. The second-order valence-electron chi connectivity index (χ2n) is 5.53. The van der Waals surface area contributed by atoms with E-state index in [9.17, 15) is 9.59 Å². The zero-order chi connectivity index (χ0) is 13.1. The van der Waals surface area contributed by atoms with E-state index in [1.54, 1.807) is 0 Å². The monoisotopic (exact) mass is 254 g/mol. The lowest BCUT2D eigenvalue weighted by Crippen LogP contribution is -2.51. The van der Waals surface area contributed by atoms with Crippen molar-refractivity contribution in [3.05, 3.63) is 0 Å². The number of carboxylic acid groups (broad SMARTS) is 1. The molecule has 1 saturated carbocycles. The lowest BCUT2D eigenvalue weighted by atomic mass is 10.0. The topological polar surface area (TPSA) is 69.6 Å². The number of aliphatic carboxylic acids is 1. The average molecular weight is 254 g/mol. The smallest absolute Gasteiger partial charge is 0.317 e. The minimum Gasteiger partial charge on any atom is -0.481 e. The third kappa shape index (κ3) is 3.37. The Morgan fingerprint density at radius 2 is 2.06 bits per heavy atom. The molecule has 5 nitrogen and oxygen atoms in total. The van der Waals surface area contributed by atoms with E-state index in [1.807, 2.05) is 4.90 Å². The highest BCUT2D eigenvalue weighted by atomic mass is 16.4. The zero-order valence-electron chi connectivity index (χ0n) is 10.9. The molecule has 1 heterocycles. The van der Waals surface area contributed by atoms with Gasteiger partial charge in [-0.3, -0.25) is 4.79 Å². The Labute approximate surface area is 108 Å². The summed E-state index contributed by atoms with van der Waals surface area (Å²) in [6.07, 6.45) is 5.37. The number of carboxylic acids is 1. The van der Waals surface area contributed by atoms with Gasteiger partial charge in [0.05, 0.1) is 6.42 Å². The maximum absolute atomic E-state index is 12.2. The van der Waals surface area contributed by atoms with E-state index in [1.165, 1.54) is 6.42 Å². The Balaban J connectivity index is 1.89. The van der Waals surface area contributed by atoms with Crippen molar-refractivity contribution in [2.24, 2.45) is 5.92 Å². The van der Waals surface area contributed by atoms with E-state index in [0.717, 1.165) is 32.2 Å². The maximum Gasteiger partial charge on any atom is 0.317 e. The molecule has 2 amide bonds. The normalized spacial score (nSPS) is 25.6. The molecular weight excluding hydrogens is 232 g/mol. The fraction of sp³-hybridized carbons (Fsp3) is 0.846. The molecule has 0 spiro atoms. The first-order chi connectivity index (χ1) is 8.58. The number of hydrogen-bond donors (Lipinski definition) is 2. The van der Waals surface area contributed by atoms with E-state index in [-0.39, 0.29) is 24.5 Å². The fourth-order valence-corrected chi connectivity index (χ4v) is 2.66. The number of carbonyl (C=O) groups excluding carboxylic acids is 1. The third-order valence-electron chi connectivity index (χ3n) is 3.96. The molecule has 102 valence electrons. The van der Waals surface area contributed by atoms with Crippen LogP contribution in [0.5, 0.6) is 0 Å². The summed E-state index contributed by atoms with van der Waals surface area (Å²) in [7, 11) is 0. The molecule has 2 unspecified atom stereocenters. The molecule has 5 heteroatoms. The van der Waals surface area contributed by atoms with Gasteiger partial charge in [-0.2, -0.15) is 0 Å². The van der Waals surface area contributed by atoms with Crippen LogP contribution < -0.4 is 5.32 Å². The molecule has 0 aromatic carbocycles. The molecule has 2 rings (SSSR count). The molecule has 18 heavy (non-hydrogen) atoms. The third-order valence-corrected chi connectivity index (χ3v) is 3.96. The van der Waals surface area contributed by atoms with Gasteiger partial charge in [0.1, 0.15) is 0 Å². The molecule has 1 saturated heterocycles. The van der Waals surface area contributed by atoms with E-state index in [2.05, 4.69) is 12.2 Å². The molecule has 1 aliphatic carbocycles. The molecule has 2 aliphatic rings. The van der Waals surface area contributed by atoms with Crippen molar-refractivity contribution in [2.75, 3.05) is 6.54 Å². The van der Waals surface area contributed by atoms with Crippen molar-refractivity contribution in [3.8, 4) is 0 Å². The van der Waals surface area contributed by atoms with Crippen LogP contribution in [0.15, 0.2) is 0 Å². The van der Waals surface area contributed by atoms with Crippen LogP contribution in [0.4, 0.5) is 4.79 Å². The fourth-order valence-electron chi connectivity index (χ4n) is 2.66. The van der Waals surface area contributed by atoms with E-state index in [4.69, 9.17) is 5.11 Å². The molecule has 0 radical (unpaired) electrons. The number of nitrogens with one attached hydrogen (secondary N) is 1. The Morgan fingerprint density at radius 3 is 2.61 bits per heavy atom. The van der Waals surface area contributed by atoms with Gasteiger partial charge in [0, 0.05) is 18.6 Å². The summed E-state index contributed by atoms with van der Waals surface area (Å²) in [4.78, 5) is 24.8. The van der Waals surface area contributed by atoms with Gasteiger partial charge in [-0.1, -0.05) is 0 Å². The van der Waals surface area contributed by atoms with Crippen LogP contribution >= 0.6 is 0 Å². The van der Waals surface area contributed by atoms with Gasteiger partial charge in [-0.05, 0) is 44.9 Å². The van der Waals surface area contributed by atoms with Crippen molar-refractivity contribution >= 4 is 12.0 Å². The summed E-state index contributed by atoms with van der Waals surface area (Å²) in [5.41, 5.74) is 0. The predicted octanol–water partition coefficient (Wildman–Crippen LogP) is 1.82. The number of urea groups is 1. The number of hydrogen-bond acceptors (Lipinski definition) is 2. The van der Waals surface area contributed by atoms with Gasteiger partial charge in [0.15, 0.2) is 0 Å². The molecule has 0 aromatic rings. The lowest BCUT2D eigenvalue weighted by Gasteiger charge is -2.34. The molecule has 2 N–H and O–H groups in total. The van der Waals surface area contributed by atoms with Crippen molar-refractivity contribution < 1.29 is 14.7 Å². The van der Waals surface area contributed by atoms with E-state index in [0.29, 0.717) is 5.92 Å². The van der Waals surface area contributed by atoms with E-state index >= 15 is 0 Å². The maximum atomic E-state index is 12.2. The number of nitrogens with zero attached hydrogens (tertiary/aromatic N) is 1. The van der Waals surface area contributed by atoms with Gasteiger partial charge >= 0.3 is 12.0 Å². The number of likely N-dealkylation sites (tertiary alicyclic amines) is 1. The van der Waals surface area contributed by atoms with E-state index < -0.39 is 5.97 Å². The van der Waals surface area contributed by atoms with Crippen LogP contribution in [0.3, 0.4) is 0 Å². The van der Waals surface area contributed by atoms with Crippen molar-refractivity contribution in [3.63, 3.8) is 0 Å². The van der Waals surface area contributed by atoms with Gasteiger partial charge in [-0.25, -0.2) is 4.79 Å². The van der Waals surface area contributed by atoms with Gasteiger partial charge in [-0.15, -0.1) is 0 Å². The second-order valence-corrected chi connectivity index (χ2v) is 5.53. The summed E-state index contributed by atoms with van der Waals surface area (Å²) in [5, 5.41) is 11.8. The van der Waals surface area contributed by atoms with Gasteiger partial charge in [0.25, 0.3) is 0 Å². The molecular formula is C13H22N2O3. The van der Waals surface area contributed by atoms with Crippen LogP contribution in [0.25, 0.3) is 0 Å². The molecule has 0 aromatic heterocycles. The second kappa shape index (κ2) is 5.59. The predicted molar refractivity (Wildman–Crippen MR) is 67.3 cm³/mol.